The van der Waals surface area contributed by atoms with E-state index in [9.17, 15) is 4.79 Å². The van der Waals surface area contributed by atoms with Gasteiger partial charge in [-0.05, 0) is 47.3 Å². The van der Waals surface area contributed by atoms with Gasteiger partial charge in [-0.25, -0.2) is 0 Å². The number of ketones is 1. The lowest BCUT2D eigenvalue weighted by Crippen LogP contribution is -2.30. The molecule has 2 nitrogen and oxygen atoms in total. The summed E-state index contributed by atoms with van der Waals surface area (Å²) in [6.07, 6.45) is 3.36. The van der Waals surface area contributed by atoms with Crippen LogP contribution in [0.25, 0.3) is 0 Å². The highest BCUT2D eigenvalue weighted by Gasteiger charge is 2.24. The Morgan fingerprint density at radius 3 is 2.80 bits per heavy atom. The van der Waals surface area contributed by atoms with Crippen LogP contribution in [0.5, 0.6) is 5.75 Å². The van der Waals surface area contributed by atoms with E-state index in [2.05, 4.69) is 15.9 Å². The monoisotopic (exact) mass is 268 g/mol. The summed E-state index contributed by atoms with van der Waals surface area (Å²) in [7, 11) is 0. The maximum atomic E-state index is 11.6. The van der Waals surface area contributed by atoms with Crippen molar-refractivity contribution in [2.75, 3.05) is 0 Å². The van der Waals surface area contributed by atoms with Crippen molar-refractivity contribution < 1.29 is 9.53 Å². The Kier molecular flexibility index (Phi) is 3.41. The van der Waals surface area contributed by atoms with Crippen molar-refractivity contribution in [2.45, 2.75) is 31.8 Å². The van der Waals surface area contributed by atoms with E-state index in [1.807, 2.05) is 24.3 Å². The van der Waals surface area contributed by atoms with E-state index in [0.717, 1.165) is 29.5 Å². The Bertz CT molecular complexity index is 362. The summed E-state index contributed by atoms with van der Waals surface area (Å²) in [4.78, 5) is 11.6. The van der Waals surface area contributed by atoms with E-state index >= 15 is 0 Å². The zero-order valence-electron chi connectivity index (χ0n) is 8.41. The molecule has 0 heterocycles. The van der Waals surface area contributed by atoms with Crippen molar-refractivity contribution in [1.29, 1.82) is 0 Å². The summed E-state index contributed by atoms with van der Waals surface area (Å²) in [6.45, 7) is 0. The van der Waals surface area contributed by atoms with Gasteiger partial charge < -0.3 is 4.74 Å². The second-order valence-electron chi connectivity index (χ2n) is 3.75. The number of para-hydroxylation sites is 1. The van der Waals surface area contributed by atoms with E-state index < -0.39 is 0 Å². The molecule has 0 radical (unpaired) electrons. The molecule has 0 N–H and O–H groups in total. The maximum absolute atomic E-state index is 11.6. The Hall–Kier alpha value is -0.830. The van der Waals surface area contributed by atoms with Crippen molar-refractivity contribution in [1.82, 2.24) is 0 Å². The number of ether oxygens (including phenoxy) is 1. The Labute approximate surface area is 97.8 Å². The van der Waals surface area contributed by atoms with Crippen LogP contribution >= 0.6 is 15.9 Å². The van der Waals surface area contributed by atoms with Gasteiger partial charge in [-0.15, -0.1) is 0 Å². The zero-order valence-corrected chi connectivity index (χ0v) is 10.00. The predicted molar refractivity (Wildman–Crippen MR) is 62.0 cm³/mol. The molecule has 0 aromatic heterocycles. The molecule has 1 saturated carbocycles. The minimum absolute atomic E-state index is 0.233. The standard InChI is InChI=1S/C12H13BrO2/c13-9-5-1-3-7-11(9)15-12-8-4-2-6-10(12)14/h1,3,5,7,12H,2,4,6,8H2/t12-/m1/s1. The van der Waals surface area contributed by atoms with Crippen LogP contribution < -0.4 is 4.74 Å². The second kappa shape index (κ2) is 4.79. The van der Waals surface area contributed by atoms with Gasteiger partial charge in [-0.1, -0.05) is 12.1 Å². The van der Waals surface area contributed by atoms with Crippen LogP contribution in [0.2, 0.25) is 0 Å². The second-order valence-corrected chi connectivity index (χ2v) is 4.60. The number of hydrogen-bond acceptors (Lipinski definition) is 2. The molecular formula is C12H13BrO2. The summed E-state index contributed by atoms with van der Waals surface area (Å²) in [5, 5.41) is 0. The van der Waals surface area contributed by atoms with Gasteiger partial charge in [-0.2, -0.15) is 0 Å². The van der Waals surface area contributed by atoms with Crippen LogP contribution in [-0.4, -0.2) is 11.9 Å². The highest BCUT2D eigenvalue weighted by Crippen LogP contribution is 2.27. The summed E-state index contributed by atoms with van der Waals surface area (Å²) in [6, 6.07) is 7.64. The number of carbonyl (C=O) groups excluding carboxylic acids is 1. The van der Waals surface area contributed by atoms with Gasteiger partial charge in [-0.3, -0.25) is 4.79 Å². The van der Waals surface area contributed by atoms with Crippen molar-refractivity contribution in [2.24, 2.45) is 0 Å². The molecule has 0 amide bonds. The quantitative estimate of drug-likeness (QED) is 0.823. The first-order valence-electron chi connectivity index (χ1n) is 5.21. The maximum Gasteiger partial charge on any atom is 0.173 e. The fraction of sp³-hybridized carbons (Fsp3) is 0.417. The van der Waals surface area contributed by atoms with Crippen LogP contribution in [0, 0.1) is 0 Å². The van der Waals surface area contributed by atoms with E-state index in [4.69, 9.17) is 4.74 Å². The minimum atomic E-state index is -0.238. The van der Waals surface area contributed by atoms with Gasteiger partial charge in [0.15, 0.2) is 11.9 Å². The fourth-order valence-corrected chi connectivity index (χ4v) is 2.15. The lowest BCUT2D eigenvalue weighted by Gasteiger charge is -2.22. The van der Waals surface area contributed by atoms with E-state index in [-0.39, 0.29) is 11.9 Å². The molecule has 1 aromatic rings. The topological polar surface area (TPSA) is 26.3 Å². The summed E-state index contributed by atoms with van der Waals surface area (Å²) in [5.41, 5.74) is 0. The predicted octanol–water partition coefficient (Wildman–Crippen LogP) is 3.34. The third-order valence-corrected chi connectivity index (χ3v) is 3.26. The first-order chi connectivity index (χ1) is 7.27. The molecule has 1 atom stereocenters. The molecule has 2 rings (SSSR count). The SMILES string of the molecule is O=C1CCCC[C@H]1Oc1ccccc1Br. The van der Waals surface area contributed by atoms with E-state index in [0.29, 0.717) is 6.42 Å². The molecule has 80 valence electrons. The van der Waals surface area contributed by atoms with Crippen molar-refractivity contribution in [3.63, 3.8) is 0 Å². The highest BCUT2D eigenvalue weighted by molar-refractivity contribution is 9.10. The minimum Gasteiger partial charge on any atom is -0.481 e. The first-order valence-corrected chi connectivity index (χ1v) is 6.00. The van der Waals surface area contributed by atoms with Gasteiger partial charge in [0.2, 0.25) is 0 Å². The zero-order chi connectivity index (χ0) is 10.7. The number of Topliss-reactive ketones (excluding diaryl/α,β-unsaturated/α-hetero) is 1. The number of hydrogen-bond donors (Lipinski definition) is 0. The van der Waals surface area contributed by atoms with Crippen molar-refractivity contribution >= 4 is 21.7 Å². The highest BCUT2D eigenvalue weighted by atomic mass is 79.9. The smallest absolute Gasteiger partial charge is 0.173 e. The summed E-state index contributed by atoms with van der Waals surface area (Å²) in [5.74, 6) is 0.995. The third-order valence-electron chi connectivity index (χ3n) is 2.60. The van der Waals surface area contributed by atoms with Crippen LogP contribution in [0.4, 0.5) is 0 Å². The van der Waals surface area contributed by atoms with Crippen LogP contribution in [0.3, 0.4) is 0 Å². The molecular weight excluding hydrogens is 256 g/mol. The van der Waals surface area contributed by atoms with Crippen molar-refractivity contribution in [3.8, 4) is 5.75 Å². The average molecular weight is 269 g/mol. The fourth-order valence-electron chi connectivity index (χ4n) is 1.77. The lowest BCUT2D eigenvalue weighted by atomic mass is 9.96. The normalized spacial score (nSPS) is 21.4. The van der Waals surface area contributed by atoms with Gasteiger partial charge in [0.1, 0.15) is 5.75 Å². The Morgan fingerprint density at radius 2 is 2.07 bits per heavy atom. The molecule has 0 bridgehead atoms. The van der Waals surface area contributed by atoms with Crippen LogP contribution in [0.15, 0.2) is 28.7 Å². The molecule has 0 unspecified atom stereocenters. The molecule has 1 aliphatic carbocycles. The molecule has 0 aliphatic heterocycles. The molecule has 0 spiro atoms. The number of carbonyl (C=O) groups is 1. The summed E-state index contributed by atoms with van der Waals surface area (Å²) >= 11 is 3.41. The van der Waals surface area contributed by atoms with Gasteiger partial charge in [0.05, 0.1) is 4.47 Å². The van der Waals surface area contributed by atoms with Crippen LogP contribution in [0.1, 0.15) is 25.7 Å². The van der Waals surface area contributed by atoms with E-state index in [1.165, 1.54) is 0 Å². The first kappa shape index (κ1) is 10.7. The molecule has 1 aromatic carbocycles. The number of benzene rings is 1. The van der Waals surface area contributed by atoms with E-state index in [1.54, 1.807) is 0 Å². The molecule has 1 fully saturated rings. The Morgan fingerprint density at radius 1 is 1.27 bits per heavy atom. The molecule has 0 saturated heterocycles. The average Bonchev–Trinajstić information content (AvgIpc) is 2.24. The number of halogens is 1. The summed E-state index contributed by atoms with van der Waals surface area (Å²) < 4.78 is 6.61. The molecule has 1 aliphatic rings. The third kappa shape index (κ3) is 2.59. The molecule has 3 heteroatoms. The van der Waals surface area contributed by atoms with Crippen LogP contribution in [-0.2, 0) is 4.79 Å². The molecule has 15 heavy (non-hydrogen) atoms. The van der Waals surface area contributed by atoms with Gasteiger partial charge in [0.25, 0.3) is 0 Å². The van der Waals surface area contributed by atoms with Gasteiger partial charge >= 0.3 is 0 Å². The largest absolute Gasteiger partial charge is 0.481 e. The Balaban J connectivity index is 2.08. The van der Waals surface area contributed by atoms with Gasteiger partial charge in [0, 0.05) is 6.42 Å². The number of rotatable bonds is 2. The van der Waals surface area contributed by atoms with Crippen molar-refractivity contribution in [3.05, 3.63) is 28.7 Å². The lowest BCUT2D eigenvalue weighted by molar-refractivity contribution is -0.127.